The average molecular weight is 343 g/mol. The summed E-state index contributed by atoms with van der Waals surface area (Å²) in [5.74, 6) is 0.734. The molecule has 2 aromatic rings. The molecule has 0 fully saturated rings. The largest absolute Gasteiger partial charge is 0.481 e. The van der Waals surface area contributed by atoms with Crippen molar-refractivity contribution in [3.05, 3.63) is 53.1 Å². The van der Waals surface area contributed by atoms with Gasteiger partial charge in [0, 0.05) is 17.5 Å². The molecule has 0 bridgehead atoms. The van der Waals surface area contributed by atoms with Gasteiger partial charge in [-0.3, -0.25) is 4.79 Å². The smallest absolute Gasteiger partial charge is 0.304 e. The monoisotopic (exact) mass is 343 g/mol. The zero-order chi connectivity index (χ0) is 17.3. The number of hydrogen-bond donors (Lipinski definition) is 2. The molecule has 2 atom stereocenters. The maximum atomic E-state index is 11.3. The lowest BCUT2D eigenvalue weighted by atomic mass is 9.87. The van der Waals surface area contributed by atoms with Gasteiger partial charge in [0.2, 0.25) is 0 Å². The molecule has 1 aliphatic rings. The highest BCUT2D eigenvalue weighted by Crippen LogP contribution is 2.39. The molecule has 0 saturated carbocycles. The predicted octanol–water partition coefficient (Wildman–Crippen LogP) is 4.67. The fourth-order valence-electron chi connectivity index (χ4n) is 3.89. The van der Waals surface area contributed by atoms with Gasteiger partial charge in [-0.25, -0.2) is 4.98 Å². The molecule has 1 aliphatic carbocycles. The van der Waals surface area contributed by atoms with E-state index in [4.69, 9.17) is 4.98 Å². The molecule has 3 rings (SSSR count). The van der Waals surface area contributed by atoms with Crippen LogP contribution in [0.5, 0.6) is 0 Å². The van der Waals surface area contributed by atoms with Crippen LogP contribution in [0.4, 0.5) is 0 Å². The molecule has 0 saturated heterocycles. The first-order valence-electron chi connectivity index (χ1n) is 8.86. The number of carboxylic acids is 1. The highest BCUT2D eigenvalue weighted by Gasteiger charge is 2.32. The van der Waals surface area contributed by atoms with Crippen molar-refractivity contribution in [1.82, 2.24) is 15.7 Å². The molecule has 5 nitrogen and oxygen atoms in total. The van der Waals surface area contributed by atoms with Crippen LogP contribution in [0.3, 0.4) is 0 Å². The molecule has 0 aliphatic heterocycles. The van der Waals surface area contributed by atoms with Crippen molar-refractivity contribution in [2.75, 3.05) is 0 Å². The maximum Gasteiger partial charge on any atom is 0.304 e. The summed E-state index contributed by atoms with van der Waals surface area (Å²) < 4.78 is 2.32. The molecule has 0 spiro atoms. The molecule has 4 N–H and O–H groups in total. The van der Waals surface area contributed by atoms with Crippen LogP contribution in [0.25, 0.3) is 0 Å². The zero-order valence-corrected chi connectivity index (χ0v) is 15.4. The topological polar surface area (TPSA) is 90.1 Å². The first kappa shape index (κ1) is 19.2. The van der Waals surface area contributed by atoms with Crippen LogP contribution in [0.1, 0.15) is 80.7 Å². The molecule has 25 heavy (non-hydrogen) atoms. The van der Waals surface area contributed by atoms with Crippen molar-refractivity contribution in [3.8, 4) is 0 Å². The predicted molar refractivity (Wildman–Crippen MR) is 99.5 cm³/mol. The van der Waals surface area contributed by atoms with Crippen LogP contribution in [0.15, 0.2) is 30.3 Å². The molecule has 5 heteroatoms. The Morgan fingerprint density at radius 1 is 1.28 bits per heavy atom. The van der Waals surface area contributed by atoms with Crippen LogP contribution < -0.4 is 6.15 Å². The number of aryl methyl sites for hydroxylation is 1. The normalized spacial score (nSPS) is 17.7. The Balaban J connectivity index is 0.00000225. The number of hydrogen-bond acceptors (Lipinski definition) is 3. The molecule has 136 valence electrons. The summed E-state index contributed by atoms with van der Waals surface area (Å²) in [4.78, 5) is 16.3. The Hall–Kier alpha value is -2.14. The standard InChI is InChI=1S/C20H26N2O2.H3N/c1-13(2)20-21-17-11-7-10-16(12-18(23)24)19(17)22(20)14(3)15-8-5-4-6-9-15;/h4-6,8-9,13-14,16H,7,10-12H2,1-3H3,(H,23,24);1H3/t14-,16?;/m1./s1. The van der Waals surface area contributed by atoms with Crippen LogP contribution >= 0.6 is 0 Å². The summed E-state index contributed by atoms with van der Waals surface area (Å²) in [6, 6.07) is 10.6. The van der Waals surface area contributed by atoms with Crippen LogP contribution in [0, 0.1) is 0 Å². The van der Waals surface area contributed by atoms with Gasteiger partial charge in [-0.2, -0.15) is 0 Å². The van der Waals surface area contributed by atoms with E-state index in [1.54, 1.807) is 0 Å². The number of carboxylic acid groups (broad SMARTS) is 1. The molecule has 1 aromatic carbocycles. The van der Waals surface area contributed by atoms with Crippen molar-refractivity contribution < 1.29 is 9.90 Å². The van der Waals surface area contributed by atoms with Crippen LogP contribution in [-0.2, 0) is 11.2 Å². The zero-order valence-electron chi connectivity index (χ0n) is 15.4. The molecule has 1 unspecified atom stereocenters. The summed E-state index contributed by atoms with van der Waals surface area (Å²) in [6.07, 6.45) is 3.11. The SMILES string of the molecule is CC(C)c1nc2c(n1[C@H](C)c1ccccc1)C(CC(=O)O)CCC2.N. The fraction of sp³-hybridized carbons (Fsp3) is 0.500. The molecule has 1 heterocycles. The van der Waals surface area contributed by atoms with Gasteiger partial charge >= 0.3 is 5.97 Å². The van der Waals surface area contributed by atoms with Gasteiger partial charge in [-0.1, -0.05) is 44.2 Å². The quantitative estimate of drug-likeness (QED) is 0.825. The number of nitrogens with zero attached hydrogens (tertiary/aromatic N) is 2. The van der Waals surface area contributed by atoms with E-state index in [0.29, 0.717) is 5.92 Å². The van der Waals surface area contributed by atoms with Gasteiger partial charge in [0.25, 0.3) is 0 Å². The molecular formula is C20H29N3O2. The van der Waals surface area contributed by atoms with Gasteiger partial charge in [-0.15, -0.1) is 0 Å². The number of benzene rings is 1. The number of carbonyl (C=O) groups is 1. The van der Waals surface area contributed by atoms with Gasteiger partial charge in [0.1, 0.15) is 5.82 Å². The van der Waals surface area contributed by atoms with Crippen molar-refractivity contribution >= 4 is 5.97 Å². The second-order valence-electron chi connectivity index (χ2n) is 7.10. The third-order valence-electron chi connectivity index (χ3n) is 5.01. The first-order chi connectivity index (χ1) is 11.5. The Kier molecular flexibility index (Phi) is 6.01. The number of fused-ring (bicyclic) bond motifs is 1. The van der Waals surface area contributed by atoms with E-state index >= 15 is 0 Å². The highest BCUT2D eigenvalue weighted by molar-refractivity contribution is 5.68. The minimum atomic E-state index is -0.723. The van der Waals surface area contributed by atoms with Crippen LogP contribution in [0.2, 0.25) is 0 Å². The van der Waals surface area contributed by atoms with Gasteiger partial charge < -0.3 is 15.8 Å². The molecular weight excluding hydrogens is 314 g/mol. The first-order valence-corrected chi connectivity index (χ1v) is 8.86. The number of imidazole rings is 1. The van der Waals surface area contributed by atoms with Gasteiger partial charge in [0.05, 0.1) is 18.2 Å². The van der Waals surface area contributed by atoms with E-state index in [1.165, 1.54) is 5.56 Å². The van der Waals surface area contributed by atoms with Crippen molar-refractivity contribution in [2.45, 2.75) is 64.3 Å². The Labute approximate surface area is 149 Å². The summed E-state index contributed by atoms with van der Waals surface area (Å²) in [5, 5.41) is 9.32. The average Bonchev–Trinajstić information content (AvgIpc) is 2.95. The number of rotatable bonds is 5. The van der Waals surface area contributed by atoms with Crippen molar-refractivity contribution in [2.24, 2.45) is 0 Å². The second-order valence-corrected chi connectivity index (χ2v) is 7.10. The number of aliphatic carboxylic acids is 1. The summed E-state index contributed by atoms with van der Waals surface area (Å²) in [6.45, 7) is 6.51. The van der Waals surface area contributed by atoms with Crippen LogP contribution in [-0.4, -0.2) is 20.6 Å². The maximum absolute atomic E-state index is 11.3. The van der Waals surface area contributed by atoms with Crippen molar-refractivity contribution in [1.29, 1.82) is 0 Å². The van der Waals surface area contributed by atoms with E-state index in [0.717, 1.165) is 36.5 Å². The lowest BCUT2D eigenvalue weighted by Crippen LogP contribution is -2.21. The fourth-order valence-corrected chi connectivity index (χ4v) is 3.89. The lowest BCUT2D eigenvalue weighted by molar-refractivity contribution is -0.137. The Bertz CT molecular complexity index is 722. The van der Waals surface area contributed by atoms with E-state index < -0.39 is 5.97 Å². The summed E-state index contributed by atoms with van der Waals surface area (Å²) in [7, 11) is 0. The third kappa shape index (κ3) is 3.76. The van der Waals surface area contributed by atoms with E-state index in [9.17, 15) is 9.90 Å². The second kappa shape index (κ2) is 7.83. The van der Waals surface area contributed by atoms with E-state index in [2.05, 4.69) is 49.6 Å². The molecule has 0 amide bonds. The molecule has 1 aromatic heterocycles. The van der Waals surface area contributed by atoms with Crippen molar-refractivity contribution in [3.63, 3.8) is 0 Å². The Morgan fingerprint density at radius 3 is 2.56 bits per heavy atom. The Morgan fingerprint density at radius 2 is 1.96 bits per heavy atom. The summed E-state index contributed by atoms with van der Waals surface area (Å²) >= 11 is 0. The third-order valence-corrected chi connectivity index (χ3v) is 5.01. The minimum Gasteiger partial charge on any atom is -0.481 e. The van der Waals surface area contributed by atoms with E-state index in [-0.39, 0.29) is 24.5 Å². The molecule has 0 radical (unpaired) electrons. The number of aromatic nitrogens is 2. The highest BCUT2D eigenvalue weighted by atomic mass is 16.4. The van der Waals surface area contributed by atoms with Gasteiger partial charge in [-0.05, 0) is 31.7 Å². The van der Waals surface area contributed by atoms with E-state index in [1.807, 2.05) is 6.07 Å². The minimum absolute atomic E-state index is 0. The van der Waals surface area contributed by atoms with Gasteiger partial charge in [0.15, 0.2) is 0 Å². The summed E-state index contributed by atoms with van der Waals surface area (Å²) in [5.41, 5.74) is 3.50. The lowest BCUT2D eigenvalue weighted by Gasteiger charge is -2.27.